The van der Waals surface area contributed by atoms with Crippen LogP contribution in [-0.2, 0) is 10.0 Å². The topological polar surface area (TPSA) is 109 Å². The van der Waals surface area contributed by atoms with Crippen LogP contribution in [0.5, 0.6) is 0 Å². The molecule has 7 nitrogen and oxygen atoms in total. The number of carbonyl (C=O) groups is 1. The molecule has 0 radical (unpaired) electrons. The molecular formula is C11H8FN3O4S. The molecule has 0 fully saturated rings. The number of aromatic nitrogens is 2. The standard InChI is InChI=1S/C11H8FN3O4S/c12-9-2-1-7(11(16)17)3-10(9)20(18,19)15-8-4-13-6-14-5-8/h1-6,15H,(H,16,17). The first-order valence-corrected chi connectivity index (χ1v) is 6.69. The molecule has 0 amide bonds. The van der Waals surface area contributed by atoms with E-state index in [-0.39, 0.29) is 11.3 Å². The Hall–Kier alpha value is -2.55. The molecule has 0 saturated heterocycles. The molecule has 2 N–H and O–H groups in total. The first-order valence-electron chi connectivity index (χ1n) is 5.21. The lowest BCUT2D eigenvalue weighted by molar-refractivity contribution is 0.0696. The molecule has 1 aromatic carbocycles. The van der Waals surface area contributed by atoms with Crippen LogP contribution in [0.15, 0.2) is 41.8 Å². The number of nitrogens with one attached hydrogen (secondary N) is 1. The molecule has 9 heteroatoms. The minimum absolute atomic E-state index is 0.0348. The summed E-state index contributed by atoms with van der Waals surface area (Å²) in [4.78, 5) is 17.2. The average Bonchev–Trinajstić information content (AvgIpc) is 2.39. The first kappa shape index (κ1) is 13.9. The van der Waals surface area contributed by atoms with Gasteiger partial charge in [0.05, 0.1) is 23.6 Å². The van der Waals surface area contributed by atoms with E-state index in [1.807, 2.05) is 0 Å². The lowest BCUT2D eigenvalue weighted by Gasteiger charge is -2.08. The maximum absolute atomic E-state index is 13.6. The Morgan fingerprint density at radius 1 is 1.25 bits per heavy atom. The zero-order valence-electron chi connectivity index (χ0n) is 9.82. The second-order valence-corrected chi connectivity index (χ2v) is 5.33. The van der Waals surface area contributed by atoms with Gasteiger partial charge in [0, 0.05) is 0 Å². The smallest absolute Gasteiger partial charge is 0.335 e. The van der Waals surface area contributed by atoms with Crippen molar-refractivity contribution in [1.82, 2.24) is 9.97 Å². The van der Waals surface area contributed by atoms with Crippen molar-refractivity contribution in [1.29, 1.82) is 0 Å². The molecule has 104 valence electrons. The fourth-order valence-electron chi connectivity index (χ4n) is 1.40. The summed E-state index contributed by atoms with van der Waals surface area (Å²) in [7, 11) is -4.27. The normalized spacial score (nSPS) is 11.1. The summed E-state index contributed by atoms with van der Waals surface area (Å²) in [5, 5.41) is 8.80. The summed E-state index contributed by atoms with van der Waals surface area (Å²) in [5.41, 5.74) is -0.302. The molecule has 0 spiro atoms. The Labute approximate surface area is 113 Å². The Bertz CT molecular complexity index is 750. The largest absolute Gasteiger partial charge is 0.478 e. The van der Waals surface area contributed by atoms with E-state index in [2.05, 4.69) is 14.7 Å². The summed E-state index contributed by atoms with van der Waals surface area (Å²) >= 11 is 0. The molecule has 0 aliphatic heterocycles. The molecule has 0 atom stereocenters. The zero-order chi connectivity index (χ0) is 14.8. The number of anilines is 1. The van der Waals surface area contributed by atoms with Crippen LogP contribution in [-0.4, -0.2) is 29.5 Å². The average molecular weight is 297 g/mol. The van der Waals surface area contributed by atoms with Gasteiger partial charge in [-0.05, 0) is 18.2 Å². The van der Waals surface area contributed by atoms with Crippen molar-refractivity contribution in [3.8, 4) is 0 Å². The molecule has 0 aliphatic carbocycles. The number of sulfonamides is 1. The number of benzene rings is 1. The van der Waals surface area contributed by atoms with Crippen LogP contribution < -0.4 is 4.72 Å². The van der Waals surface area contributed by atoms with Gasteiger partial charge in [-0.15, -0.1) is 0 Å². The van der Waals surface area contributed by atoms with Crippen molar-refractivity contribution in [3.63, 3.8) is 0 Å². The number of halogens is 1. The minimum atomic E-state index is -4.27. The van der Waals surface area contributed by atoms with Gasteiger partial charge in [-0.3, -0.25) is 4.72 Å². The summed E-state index contributed by atoms with van der Waals surface area (Å²) in [5.74, 6) is -2.41. The first-order chi connectivity index (χ1) is 9.40. The van der Waals surface area contributed by atoms with Crippen molar-refractivity contribution in [2.24, 2.45) is 0 Å². The van der Waals surface area contributed by atoms with Crippen LogP contribution >= 0.6 is 0 Å². The van der Waals surface area contributed by atoms with Crippen molar-refractivity contribution in [2.45, 2.75) is 4.90 Å². The lowest BCUT2D eigenvalue weighted by atomic mass is 10.2. The van der Waals surface area contributed by atoms with E-state index in [1.165, 1.54) is 18.7 Å². The third kappa shape index (κ3) is 2.88. The molecule has 1 aromatic heterocycles. The zero-order valence-corrected chi connectivity index (χ0v) is 10.6. The summed E-state index contributed by atoms with van der Waals surface area (Å²) in [6.07, 6.45) is 3.57. The van der Waals surface area contributed by atoms with E-state index < -0.39 is 26.7 Å². The molecule has 1 heterocycles. The predicted octanol–water partition coefficient (Wildman–Crippen LogP) is 1.11. The number of hydrogen-bond donors (Lipinski definition) is 2. The molecular weight excluding hydrogens is 289 g/mol. The van der Waals surface area contributed by atoms with E-state index in [9.17, 15) is 17.6 Å². The summed E-state index contributed by atoms with van der Waals surface area (Å²) < 4.78 is 39.6. The Kier molecular flexibility index (Phi) is 3.61. The molecule has 20 heavy (non-hydrogen) atoms. The maximum Gasteiger partial charge on any atom is 0.335 e. The molecule has 0 bridgehead atoms. The van der Waals surface area contributed by atoms with Gasteiger partial charge in [0.15, 0.2) is 0 Å². The van der Waals surface area contributed by atoms with Crippen LogP contribution in [0.25, 0.3) is 0 Å². The maximum atomic E-state index is 13.6. The van der Waals surface area contributed by atoms with Gasteiger partial charge in [0.2, 0.25) is 0 Å². The molecule has 0 aliphatic rings. The number of carboxylic acids is 1. The molecule has 2 rings (SSSR count). The Morgan fingerprint density at radius 2 is 1.90 bits per heavy atom. The van der Waals surface area contributed by atoms with Gasteiger partial charge < -0.3 is 5.11 Å². The number of hydrogen-bond acceptors (Lipinski definition) is 5. The van der Waals surface area contributed by atoms with Crippen LogP contribution in [0.4, 0.5) is 10.1 Å². The second kappa shape index (κ2) is 5.21. The van der Waals surface area contributed by atoms with Crippen molar-refractivity contribution in [3.05, 3.63) is 48.3 Å². The van der Waals surface area contributed by atoms with Crippen LogP contribution in [0.1, 0.15) is 10.4 Å². The van der Waals surface area contributed by atoms with Gasteiger partial charge in [-0.1, -0.05) is 0 Å². The quantitative estimate of drug-likeness (QED) is 0.875. The van der Waals surface area contributed by atoms with E-state index in [0.29, 0.717) is 0 Å². The molecule has 2 aromatic rings. The van der Waals surface area contributed by atoms with E-state index in [0.717, 1.165) is 18.2 Å². The summed E-state index contributed by atoms with van der Waals surface area (Å²) in [6, 6.07) is 2.49. The summed E-state index contributed by atoms with van der Waals surface area (Å²) in [6.45, 7) is 0. The third-order valence-electron chi connectivity index (χ3n) is 2.28. The van der Waals surface area contributed by atoms with E-state index in [1.54, 1.807) is 0 Å². The third-order valence-corrected chi connectivity index (χ3v) is 3.68. The molecule has 0 unspecified atom stereocenters. The lowest BCUT2D eigenvalue weighted by Crippen LogP contribution is -2.15. The molecule has 0 saturated carbocycles. The highest BCUT2D eigenvalue weighted by Crippen LogP contribution is 2.19. The Balaban J connectivity index is 2.44. The van der Waals surface area contributed by atoms with E-state index in [4.69, 9.17) is 5.11 Å². The number of carboxylic acid groups (broad SMARTS) is 1. The van der Waals surface area contributed by atoms with Gasteiger partial charge in [-0.2, -0.15) is 0 Å². The fraction of sp³-hybridized carbons (Fsp3) is 0. The van der Waals surface area contributed by atoms with Crippen LogP contribution in [0.3, 0.4) is 0 Å². The van der Waals surface area contributed by atoms with Crippen LogP contribution in [0.2, 0.25) is 0 Å². The van der Waals surface area contributed by atoms with Crippen molar-refractivity contribution in [2.75, 3.05) is 4.72 Å². The highest BCUT2D eigenvalue weighted by molar-refractivity contribution is 7.92. The monoisotopic (exact) mass is 297 g/mol. The minimum Gasteiger partial charge on any atom is -0.478 e. The number of aromatic carboxylic acids is 1. The van der Waals surface area contributed by atoms with E-state index >= 15 is 0 Å². The predicted molar refractivity (Wildman–Crippen MR) is 66.2 cm³/mol. The van der Waals surface area contributed by atoms with Gasteiger partial charge >= 0.3 is 5.97 Å². The van der Waals surface area contributed by atoms with Gasteiger partial charge in [0.25, 0.3) is 10.0 Å². The Morgan fingerprint density at radius 3 is 2.50 bits per heavy atom. The second-order valence-electron chi connectivity index (χ2n) is 3.68. The highest BCUT2D eigenvalue weighted by atomic mass is 32.2. The number of nitrogens with zero attached hydrogens (tertiary/aromatic N) is 2. The SMILES string of the molecule is O=C(O)c1ccc(F)c(S(=O)(=O)Nc2cncnc2)c1. The van der Waals surface area contributed by atoms with Gasteiger partial charge in [0.1, 0.15) is 17.0 Å². The van der Waals surface area contributed by atoms with Gasteiger partial charge in [-0.25, -0.2) is 27.6 Å². The fourth-order valence-corrected chi connectivity index (χ4v) is 2.54. The number of rotatable bonds is 4. The van der Waals surface area contributed by atoms with Crippen LogP contribution in [0, 0.1) is 5.82 Å². The van der Waals surface area contributed by atoms with Crippen molar-refractivity contribution >= 4 is 21.7 Å². The van der Waals surface area contributed by atoms with Crippen molar-refractivity contribution < 1.29 is 22.7 Å². The highest BCUT2D eigenvalue weighted by Gasteiger charge is 2.21.